The van der Waals surface area contributed by atoms with Gasteiger partial charge in [-0.2, -0.15) is 0 Å². The summed E-state index contributed by atoms with van der Waals surface area (Å²) in [5.41, 5.74) is 1.37. The number of nitrogens with zero attached hydrogens (tertiary/aromatic N) is 5. The van der Waals surface area contributed by atoms with Crippen LogP contribution in [0.15, 0.2) is 79.3 Å². The lowest BCUT2D eigenvalue weighted by Gasteiger charge is -2.40. The van der Waals surface area contributed by atoms with Gasteiger partial charge in [0.1, 0.15) is 11.2 Å². The maximum Gasteiger partial charge on any atom is 0.237 e. The summed E-state index contributed by atoms with van der Waals surface area (Å²) >= 11 is 0. The fourth-order valence-electron chi connectivity index (χ4n) is 4.62. The van der Waals surface area contributed by atoms with Crippen LogP contribution in [0, 0.1) is 0 Å². The second kappa shape index (κ2) is 9.92. The van der Waals surface area contributed by atoms with Crippen LogP contribution in [-0.4, -0.2) is 72.5 Å². The number of hydrogen-bond acceptors (Lipinski definition) is 5. The predicted molar refractivity (Wildman–Crippen MR) is 128 cm³/mol. The molecule has 3 aromatic rings. The van der Waals surface area contributed by atoms with E-state index < -0.39 is 5.41 Å². The lowest BCUT2D eigenvalue weighted by atomic mass is 9.70. The summed E-state index contributed by atoms with van der Waals surface area (Å²) in [4.78, 5) is 28.8. The van der Waals surface area contributed by atoms with Gasteiger partial charge in [0.2, 0.25) is 5.91 Å². The van der Waals surface area contributed by atoms with Crippen LogP contribution in [0.5, 0.6) is 0 Å². The molecule has 0 bridgehead atoms. The van der Waals surface area contributed by atoms with E-state index in [1.807, 2.05) is 56.7 Å². The number of amides is 1. The van der Waals surface area contributed by atoms with Crippen LogP contribution in [0.1, 0.15) is 17.5 Å². The first-order chi connectivity index (χ1) is 15.6. The molecule has 1 saturated heterocycles. The highest BCUT2D eigenvalue weighted by molar-refractivity contribution is 5.91. The lowest BCUT2D eigenvalue weighted by molar-refractivity contribution is -0.133. The normalized spacial score (nSPS) is 14.9. The first kappa shape index (κ1) is 22.0. The van der Waals surface area contributed by atoms with Crippen molar-refractivity contribution in [3.63, 3.8) is 0 Å². The van der Waals surface area contributed by atoms with Crippen LogP contribution in [0.3, 0.4) is 0 Å². The second-order valence-electron chi connectivity index (χ2n) is 8.48. The Morgan fingerprint density at radius 1 is 0.906 bits per heavy atom. The standard InChI is InChI=1S/C26H31N5O/c1-29(2)25(32)26(22-9-5-3-6-10-22,23-11-7-4-8-12-23)13-16-30-17-19-31(20-18-30)24-21-27-14-15-28-24/h3-12,14-15,21H,13,16-20H2,1-2H3. The third-order valence-corrected chi connectivity index (χ3v) is 6.35. The van der Waals surface area contributed by atoms with E-state index >= 15 is 0 Å². The average Bonchev–Trinajstić information content (AvgIpc) is 2.86. The molecule has 0 unspecified atom stereocenters. The fraction of sp³-hybridized carbons (Fsp3) is 0.346. The van der Waals surface area contributed by atoms with Gasteiger partial charge in [-0.25, -0.2) is 4.98 Å². The molecule has 6 heteroatoms. The van der Waals surface area contributed by atoms with Crippen LogP contribution in [-0.2, 0) is 10.2 Å². The minimum Gasteiger partial charge on any atom is -0.353 e. The molecule has 1 aromatic heterocycles. The maximum atomic E-state index is 13.8. The van der Waals surface area contributed by atoms with E-state index in [4.69, 9.17) is 0 Å². The molecule has 0 spiro atoms. The van der Waals surface area contributed by atoms with Crippen LogP contribution >= 0.6 is 0 Å². The first-order valence-electron chi connectivity index (χ1n) is 11.2. The Kier molecular flexibility index (Phi) is 6.81. The minimum atomic E-state index is -0.714. The molecular weight excluding hydrogens is 398 g/mol. The summed E-state index contributed by atoms with van der Waals surface area (Å²) < 4.78 is 0. The number of aromatic nitrogens is 2. The lowest BCUT2D eigenvalue weighted by Crippen LogP contribution is -2.50. The molecule has 0 N–H and O–H groups in total. The van der Waals surface area contributed by atoms with Gasteiger partial charge in [0.15, 0.2) is 0 Å². The number of likely N-dealkylation sites (N-methyl/N-ethyl adjacent to an activating group) is 1. The number of benzene rings is 2. The van der Waals surface area contributed by atoms with Crippen molar-refractivity contribution >= 4 is 11.7 Å². The number of carbonyl (C=O) groups is 1. The van der Waals surface area contributed by atoms with Crippen molar-refractivity contribution in [2.24, 2.45) is 0 Å². The third-order valence-electron chi connectivity index (χ3n) is 6.35. The van der Waals surface area contributed by atoms with Gasteiger partial charge >= 0.3 is 0 Å². The highest BCUT2D eigenvalue weighted by Crippen LogP contribution is 2.37. The van der Waals surface area contributed by atoms with Crippen LogP contribution in [0.2, 0.25) is 0 Å². The SMILES string of the molecule is CN(C)C(=O)C(CCN1CCN(c2cnccn2)CC1)(c1ccccc1)c1ccccc1. The maximum absolute atomic E-state index is 13.8. The van der Waals surface area contributed by atoms with Gasteiger partial charge in [0.05, 0.1) is 6.20 Å². The molecule has 4 rings (SSSR count). The van der Waals surface area contributed by atoms with E-state index in [0.29, 0.717) is 0 Å². The summed E-state index contributed by atoms with van der Waals surface area (Å²) in [6.07, 6.45) is 5.99. The van der Waals surface area contributed by atoms with Gasteiger partial charge in [0, 0.05) is 52.7 Å². The van der Waals surface area contributed by atoms with Crippen molar-refractivity contribution in [3.05, 3.63) is 90.4 Å². The third kappa shape index (κ3) is 4.50. The fourth-order valence-corrected chi connectivity index (χ4v) is 4.62. The summed E-state index contributed by atoms with van der Waals surface area (Å²) in [5.74, 6) is 1.05. The largest absolute Gasteiger partial charge is 0.353 e. The molecule has 2 heterocycles. The highest BCUT2D eigenvalue weighted by atomic mass is 16.2. The van der Waals surface area contributed by atoms with E-state index in [-0.39, 0.29) is 5.91 Å². The Labute approximate surface area is 190 Å². The number of rotatable bonds is 7. The summed E-state index contributed by atoms with van der Waals surface area (Å²) in [7, 11) is 3.70. The second-order valence-corrected chi connectivity index (χ2v) is 8.48. The molecule has 0 aliphatic carbocycles. The quantitative estimate of drug-likeness (QED) is 0.578. The smallest absolute Gasteiger partial charge is 0.237 e. The minimum absolute atomic E-state index is 0.119. The van der Waals surface area contributed by atoms with E-state index in [1.54, 1.807) is 17.3 Å². The van der Waals surface area contributed by atoms with Gasteiger partial charge in [-0.05, 0) is 24.1 Å². The van der Waals surface area contributed by atoms with Gasteiger partial charge < -0.3 is 9.80 Å². The van der Waals surface area contributed by atoms with Crippen molar-refractivity contribution < 1.29 is 4.79 Å². The molecule has 1 aliphatic rings. The van der Waals surface area contributed by atoms with Crippen LogP contribution in [0.25, 0.3) is 0 Å². The molecule has 0 saturated carbocycles. The molecule has 1 aliphatic heterocycles. The Bertz CT molecular complexity index is 947. The Morgan fingerprint density at radius 2 is 1.50 bits per heavy atom. The highest BCUT2D eigenvalue weighted by Gasteiger charge is 2.43. The summed E-state index contributed by atoms with van der Waals surface area (Å²) in [6, 6.07) is 20.4. The van der Waals surface area contributed by atoms with Gasteiger partial charge in [-0.3, -0.25) is 14.7 Å². The van der Waals surface area contributed by atoms with Crippen molar-refractivity contribution in [2.45, 2.75) is 11.8 Å². The molecule has 0 atom stereocenters. The molecule has 32 heavy (non-hydrogen) atoms. The van der Waals surface area contributed by atoms with Crippen molar-refractivity contribution in [2.75, 3.05) is 51.7 Å². The first-order valence-corrected chi connectivity index (χ1v) is 11.2. The number of hydrogen-bond donors (Lipinski definition) is 0. The van der Waals surface area contributed by atoms with Gasteiger partial charge in [0.25, 0.3) is 0 Å². The number of carbonyl (C=O) groups excluding carboxylic acids is 1. The van der Waals surface area contributed by atoms with E-state index in [1.165, 1.54) is 0 Å². The van der Waals surface area contributed by atoms with Crippen LogP contribution in [0.4, 0.5) is 5.82 Å². The Balaban J connectivity index is 1.57. The van der Waals surface area contributed by atoms with E-state index in [0.717, 1.165) is 56.1 Å². The molecule has 1 fully saturated rings. The molecule has 0 radical (unpaired) electrons. The monoisotopic (exact) mass is 429 g/mol. The molecule has 6 nitrogen and oxygen atoms in total. The summed E-state index contributed by atoms with van der Waals surface area (Å²) in [5, 5.41) is 0. The number of anilines is 1. The van der Waals surface area contributed by atoms with Gasteiger partial charge in [-0.1, -0.05) is 60.7 Å². The topological polar surface area (TPSA) is 52.6 Å². The van der Waals surface area contributed by atoms with E-state index in [9.17, 15) is 4.79 Å². The molecule has 2 aromatic carbocycles. The zero-order chi connectivity index (χ0) is 22.4. The van der Waals surface area contributed by atoms with Crippen molar-refractivity contribution in [1.82, 2.24) is 19.8 Å². The predicted octanol–water partition coefficient (Wildman–Crippen LogP) is 3.06. The Morgan fingerprint density at radius 3 is 2.00 bits per heavy atom. The molecule has 166 valence electrons. The van der Waals surface area contributed by atoms with Crippen molar-refractivity contribution in [1.29, 1.82) is 0 Å². The zero-order valence-corrected chi connectivity index (χ0v) is 18.9. The molecular formula is C26H31N5O. The van der Waals surface area contributed by atoms with Crippen LogP contribution < -0.4 is 4.90 Å². The molecule has 1 amide bonds. The number of piperazine rings is 1. The Hall–Kier alpha value is -3.25. The zero-order valence-electron chi connectivity index (χ0n) is 18.9. The average molecular weight is 430 g/mol. The van der Waals surface area contributed by atoms with Gasteiger partial charge in [-0.15, -0.1) is 0 Å². The van der Waals surface area contributed by atoms with E-state index in [2.05, 4.69) is 44.0 Å². The summed E-state index contributed by atoms with van der Waals surface area (Å²) in [6.45, 7) is 4.53. The van der Waals surface area contributed by atoms with Crippen molar-refractivity contribution in [3.8, 4) is 0 Å².